The smallest absolute Gasteiger partial charge is 0.321 e. The topological polar surface area (TPSA) is 63.3 Å². The van der Waals surface area contributed by atoms with Gasteiger partial charge in [-0.25, -0.2) is 0 Å². The number of nitrogens with two attached hydrogens (primary N) is 1. The number of carbonyl (C=O) groups is 1. The Bertz CT molecular complexity index is 555. The van der Waals surface area contributed by atoms with Gasteiger partial charge in [-0.05, 0) is 73.1 Å². The lowest BCUT2D eigenvalue weighted by atomic mass is 10.0. The van der Waals surface area contributed by atoms with Crippen molar-refractivity contribution in [2.45, 2.75) is 79.2 Å². The molecule has 0 radical (unpaired) electrons. The zero-order chi connectivity index (χ0) is 20.7. The minimum atomic E-state index is -0.929. The number of aliphatic carboxylic acids is 1. The minimum Gasteiger partial charge on any atom is -0.480 e. The van der Waals surface area contributed by atoms with Crippen LogP contribution in [0.4, 0.5) is 0 Å². The molecular weight excluding hydrogens is 354 g/mol. The second-order valence-electron chi connectivity index (χ2n) is 7.53. The average molecular weight is 394 g/mol. The molecule has 0 aliphatic heterocycles. The maximum atomic E-state index is 10.6. The Labute approximate surface area is 170 Å². The molecule has 4 heteroatoms. The Balaban J connectivity index is 3.98. The van der Waals surface area contributed by atoms with Crippen LogP contribution >= 0.6 is 11.8 Å². The lowest BCUT2D eigenvalue weighted by molar-refractivity contribution is -0.137. The van der Waals surface area contributed by atoms with E-state index >= 15 is 0 Å². The molecule has 154 valence electrons. The second kappa shape index (κ2) is 15.8. The number of carboxylic acid groups (broad SMARTS) is 1. The zero-order valence-corrected chi connectivity index (χ0v) is 18.7. The first-order chi connectivity index (χ1) is 12.7. The van der Waals surface area contributed by atoms with Gasteiger partial charge in [-0.1, -0.05) is 46.6 Å². The summed E-state index contributed by atoms with van der Waals surface area (Å²) < 4.78 is 0. The summed E-state index contributed by atoms with van der Waals surface area (Å²) in [6.07, 6.45) is 15.9. The van der Waals surface area contributed by atoms with Gasteiger partial charge in [-0.15, -0.1) is 0 Å². The van der Waals surface area contributed by atoms with Crippen LogP contribution in [0.5, 0.6) is 0 Å². The molecule has 1 atom stereocenters. The fourth-order valence-electron chi connectivity index (χ4n) is 2.45. The van der Waals surface area contributed by atoms with Crippen LogP contribution in [0.25, 0.3) is 0 Å². The van der Waals surface area contributed by atoms with E-state index in [1.807, 2.05) is 0 Å². The van der Waals surface area contributed by atoms with Crippen LogP contribution in [0.1, 0.15) is 73.1 Å². The molecule has 0 aliphatic rings. The van der Waals surface area contributed by atoms with Gasteiger partial charge in [0.15, 0.2) is 0 Å². The Hall–Kier alpha value is -1.26. The highest BCUT2D eigenvalue weighted by atomic mass is 32.2. The van der Waals surface area contributed by atoms with Crippen LogP contribution < -0.4 is 5.73 Å². The molecule has 0 heterocycles. The first-order valence-electron chi connectivity index (χ1n) is 9.88. The molecule has 0 fully saturated rings. The van der Waals surface area contributed by atoms with E-state index in [9.17, 15) is 4.79 Å². The van der Waals surface area contributed by atoms with Crippen molar-refractivity contribution in [3.63, 3.8) is 0 Å². The van der Waals surface area contributed by atoms with Crippen LogP contribution in [0.15, 0.2) is 46.6 Å². The molecular formula is C23H39NO2S. The van der Waals surface area contributed by atoms with Gasteiger partial charge in [0.2, 0.25) is 0 Å². The lowest BCUT2D eigenvalue weighted by Gasteiger charge is -2.05. The summed E-state index contributed by atoms with van der Waals surface area (Å²) in [6.45, 7) is 10.9. The van der Waals surface area contributed by atoms with Crippen molar-refractivity contribution in [1.29, 1.82) is 0 Å². The van der Waals surface area contributed by atoms with Gasteiger partial charge in [-0.2, -0.15) is 11.8 Å². The van der Waals surface area contributed by atoms with Gasteiger partial charge in [0.25, 0.3) is 0 Å². The van der Waals surface area contributed by atoms with Crippen molar-refractivity contribution >= 4 is 17.7 Å². The summed E-state index contributed by atoms with van der Waals surface area (Å²) >= 11 is 1.57. The molecule has 0 amide bonds. The van der Waals surface area contributed by atoms with E-state index in [1.165, 1.54) is 22.3 Å². The Morgan fingerprint density at radius 3 is 1.74 bits per heavy atom. The molecule has 0 aromatic carbocycles. The number of hydrogen-bond donors (Lipinski definition) is 2. The normalized spacial score (nSPS) is 14.2. The molecule has 0 aromatic rings. The van der Waals surface area contributed by atoms with E-state index in [0.29, 0.717) is 5.75 Å². The monoisotopic (exact) mass is 393 g/mol. The molecule has 0 aliphatic carbocycles. The fourth-order valence-corrected chi connectivity index (χ4v) is 3.39. The molecule has 0 unspecified atom stereocenters. The zero-order valence-electron chi connectivity index (χ0n) is 17.9. The van der Waals surface area contributed by atoms with Gasteiger partial charge in [-0.3, -0.25) is 4.79 Å². The first-order valence-corrected chi connectivity index (χ1v) is 11.0. The maximum absolute atomic E-state index is 10.6. The highest BCUT2D eigenvalue weighted by Crippen LogP contribution is 2.14. The molecule has 0 bridgehead atoms. The Kier molecular flexibility index (Phi) is 15.0. The molecule has 3 N–H and O–H groups in total. The van der Waals surface area contributed by atoms with Crippen molar-refractivity contribution < 1.29 is 9.90 Å². The van der Waals surface area contributed by atoms with Crippen LogP contribution in [-0.4, -0.2) is 28.6 Å². The summed E-state index contributed by atoms with van der Waals surface area (Å²) in [6, 6.07) is -0.765. The third-order valence-corrected chi connectivity index (χ3v) is 5.32. The molecule has 3 nitrogen and oxygen atoms in total. The lowest BCUT2D eigenvalue weighted by Crippen LogP contribution is -2.32. The van der Waals surface area contributed by atoms with Crippen molar-refractivity contribution in [1.82, 2.24) is 0 Å². The predicted molar refractivity (Wildman–Crippen MR) is 121 cm³/mol. The number of carboxylic acids is 1. The van der Waals surface area contributed by atoms with Crippen molar-refractivity contribution in [2.75, 3.05) is 11.5 Å². The van der Waals surface area contributed by atoms with Crippen molar-refractivity contribution in [2.24, 2.45) is 5.73 Å². The average Bonchev–Trinajstić information content (AvgIpc) is 2.58. The van der Waals surface area contributed by atoms with Crippen LogP contribution in [0.2, 0.25) is 0 Å². The highest BCUT2D eigenvalue weighted by Gasteiger charge is 2.09. The summed E-state index contributed by atoms with van der Waals surface area (Å²) in [5.74, 6) is 0.355. The number of rotatable bonds is 14. The van der Waals surface area contributed by atoms with Crippen molar-refractivity contribution in [3.05, 3.63) is 46.6 Å². The fraction of sp³-hybridized carbons (Fsp3) is 0.609. The largest absolute Gasteiger partial charge is 0.480 e. The second-order valence-corrected chi connectivity index (χ2v) is 8.61. The molecule has 0 saturated carbocycles. The molecule has 0 spiro atoms. The first kappa shape index (κ1) is 25.7. The quantitative estimate of drug-likeness (QED) is 0.269. The van der Waals surface area contributed by atoms with Crippen LogP contribution in [-0.2, 0) is 4.79 Å². The SMILES string of the molecule is CC(C)=CCC/C(C)=C/CCC(C)=CCC/C(C)=C/CSC[C@H](N)C(=O)O. The van der Waals surface area contributed by atoms with E-state index in [4.69, 9.17) is 10.8 Å². The van der Waals surface area contributed by atoms with E-state index in [1.54, 1.807) is 11.8 Å². The number of hydrogen-bond acceptors (Lipinski definition) is 3. The van der Waals surface area contributed by atoms with Crippen LogP contribution in [0.3, 0.4) is 0 Å². The Morgan fingerprint density at radius 2 is 1.30 bits per heavy atom. The number of thioether (sulfide) groups is 1. The van der Waals surface area contributed by atoms with Gasteiger partial charge in [0.1, 0.15) is 6.04 Å². The van der Waals surface area contributed by atoms with Crippen molar-refractivity contribution in [3.8, 4) is 0 Å². The van der Waals surface area contributed by atoms with Gasteiger partial charge in [0, 0.05) is 11.5 Å². The van der Waals surface area contributed by atoms with E-state index in [0.717, 1.165) is 44.3 Å². The third kappa shape index (κ3) is 16.6. The van der Waals surface area contributed by atoms with Crippen LogP contribution in [0, 0.1) is 0 Å². The van der Waals surface area contributed by atoms with E-state index < -0.39 is 12.0 Å². The molecule has 27 heavy (non-hydrogen) atoms. The van der Waals surface area contributed by atoms with E-state index in [2.05, 4.69) is 58.9 Å². The van der Waals surface area contributed by atoms with E-state index in [-0.39, 0.29) is 0 Å². The molecule has 0 saturated heterocycles. The maximum Gasteiger partial charge on any atom is 0.321 e. The van der Waals surface area contributed by atoms with Gasteiger partial charge < -0.3 is 10.8 Å². The standard InChI is InChI=1S/C23H39NO2S/c1-18(2)9-6-10-19(3)11-7-12-20(4)13-8-14-21(5)15-16-27-17-22(24)23(25)26/h9,11,13,15,22H,6-8,10,12,14,16-17,24H2,1-5H3,(H,25,26)/b19-11+,20-13?,21-15+/t22-/m0/s1. The summed E-state index contributed by atoms with van der Waals surface area (Å²) in [4.78, 5) is 10.6. The Morgan fingerprint density at radius 1 is 0.852 bits per heavy atom. The summed E-state index contributed by atoms with van der Waals surface area (Å²) in [7, 11) is 0. The van der Waals surface area contributed by atoms with Gasteiger partial charge >= 0.3 is 5.97 Å². The molecule has 0 rings (SSSR count). The molecule has 0 aromatic heterocycles. The minimum absolute atomic E-state index is 0.458. The summed E-state index contributed by atoms with van der Waals surface area (Å²) in [5.41, 5.74) is 11.2. The third-order valence-electron chi connectivity index (χ3n) is 4.32. The predicted octanol–water partition coefficient (Wildman–Crippen LogP) is 6.28. The summed E-state index contributed by atoms with van der Waals surface area (Å²) in [5, 5.41) is 8.74. The highest BCUT2D eigenvalue weighted by molar-refractivity contribution is 7.99. The number of allylic oxidation sites excluding steroid dienone is 7. The van der Waals surface area contributed by atoms with Gasteiger partial charge in [0.05, 0.1) is 0 Å².